The van der Waals surface area contributed by atoms with Gasteiger partial charge in [-0.15, -0.1) is 0 Å². The Morgan fingerprint density at radius 3 is 2.29 bits per heavy atom. The third-order valence-electron chi connectivity index (χ3n) is 4.28. The lowest BCUT2D eigenvalue weighted by atomic mass is 10.1. The van der Waals surface area contributed by atoms with E-state index in [1.54, 1.807) is 30.3 Å². The summed E-state index contributed by atoms with van der Waals surface area (Å²) in [6, 6.07) is 10.7. The third kappa shape index (κ3) is 6.20. The summed E-state index contributed by atoms with van der Waals surface area (Å²) < 4.78 is 28.3. The van der Waals surface area contributed by atoms with Gasteiger partial charge in [-0.2, -0.15) is 11.8 Å². The molecule has 0 radical (unpaired) electrons. The summed E-state index contributed by atoms with van der Waals surface area (Å²) in [5, 5.41) is 1.25. The highest BCUT2D eigenvalue weighted by molar-refractivity contribution is 7.99. The van der Waals surface area contributed by atoms with Gasteiger partial charge in [0, 0.05) is 16.1 Å². The number of anilines is 1. The van der Waals surface area contributed by atoms with Crippen LogP contribution >= 0.6 is 46.6 Å². The van der Waals surface area contributed by atoms with Crippen LogP contribution in [0.15, 0.2) is 47.4 Å². The van der Waals surface area contributed by atoms with Gasteiger partial charge in [0.1, 0.15) is 0 Å². The van der Waals surface area contributed by atoms with Crippen molar-refractivity contribution in [3.8, 4) is 0 Å². The smallest absolute Gasteiger partial charge is 0.262 e. The minimum atomic E-state index is -3.83. The molecule has 0 saturated carbocycles. The summed E-state index contributed by atoms with van der Waals surface area (Å²) in [6.45, 7) is 4.03. The van der Waals surface area contributed by atoms with E-state index in [0.29, 0.717) is 20.8 Å². The molecular formula is C20H24Cl3NO2S2. The Morgan fingerprint density at radius 2 is 1.64 bits per heavy atom. The van der Waals surface area contributed by atoms with E-state index in [-0.39, 0.29) is 10.9 Å². The van der Waals surface area contributed by atoms with Crippen LogP contribution in [0, 0.1) is 0 Å². The van der Waals surface area contributed by atoms with Gasteiger partial charge in [-0.3, -0.25) is 4.31 Å². The molecule has 0 bridgehead atoms. The van der Waals surface area contributed by atoms with Gasteiger partial charge >= 0.3 is 0 Å². The Hall–Kier alpha value is -0.590. The fraction of sp³-hybridized carbons (Fsp3) is 0.400. The first-order chi connectivity index (χ1) is 13.3. The Bertz CT molecular complexity index is 874. The van der Waals surface area contributed by atoms with Gasteiger partial charge in [0.15, 0.2) is 0 Å². The molecule has 3 nitrogen and oxygen atoms in total. The fourth-order valence-electron chi connectivity index (χ4n) is 2.88. The van der Waals surface area contributed by atoms with Crippen molar-refractivity contribution in [2.75, 3.05) is 15.8 Å². The average molecular weight is 481 g/mol. The molecule has 1 atom stereocenters. The molecule has 8 heteroatoms. The molecule has 28 heavy (non-hydrogen) atoms. The first-order valence-corrected chi connectivity index (χ1v) is 12.8. The predicted octanol–water partition coefficient (Wildman–Crippen LogP) is 7.15. The topological polar surface area (TPSA) is 37.4 Å². The Balaban J connectivity index is 2.38. The van der Waals surface area contributed by atoms with Crippen molar-refractivity contribution in [1.29, 1.82) is 0 Å². The number of sulfonamides is 1. The molecule has 0 aliphatic heterocycles. The molecule has 2 aromatic rings. The molecule has 0 fully saturated rings. The SMILES string of the molecule is CCSCCCC[C@@H](C)N(c1cc(Cl)ccc1Cl)S(=O)(=O)c1ccc(Cl)cc1. The molecule has 2 aromatic carbocycles. The van der Waals surface area contributed by atoms with Gasteiger partial charge in [-0.05, 0) is 73.7 Å². The maximum atomic E-state index is 13.5. The predicted molar refractivity (Wildman–Crippen MR) is 124 cm³/mol. The number of hydrogen-bond donors (Lipinski definition) is 0. The van der Waals surface area contributed by atoms with Crippen LogP contribution < -0.4 is 4.31 Å². The van der Waals surface area contributed by atoms with Crippen molar-refractivity contribution in [3.05, 3.63) is 57.5 Å². The maximum absolute atomic E-state index is 13.5. The van der Waals surface area contributed by atoms with E-state index < -0.39 is 10.0 Å². The summed E-state index contributed by atoms with van der Waals surface area (Å²) in [4.78, 5) is 0.168. The molecule has 0 aliphatic rings. The Labute approximate surface area is 187 Å². The Morgan fingerprint density at radius 1 is 1.00 bits per heavy atom. The lowest BCUT2D eigenvalue weighted by molar-refractivity contribution is 0.562. The van der Waals surface area contributed by atoms with E-state index in [4.69, 9.17) is 34.8 Å². The van der Waals surface area contributed by atoms with Crippen molar-refractivity contribution < 1.29 is 8.42 Å². The first-order valence-electron chi connectivity index (χ1n) is 9.10. The highest BCUT2D eigenvalue weighted by Crippen LogP contribution is 2.35. The summed E-state index contributed by atoms with van der Waals surface area (Å²) >= 11 is 20.3. The highest BCUT2D eigenvalue weighted by Gasteiger charge is 2.31. The molecule has 0 spiro atoms. The monoisotopic (exact) mass is 479 g/mol. The number of thioether (sulfide) groups is 1. The van der Waals surface area contributed by atoms with Gasteiger partial charge in [-0.25, -0.2) is 8.42 Å². The second kappa shape index (κ2) is 11.0. The molecule has 0 unspecified atom stereocenters. The van der Waals surface area contributed by atoms with E-state index >= 15 is 0 Å². The van der Waals surface area contributed by atoms with Crippen molar-refractivity contribution in [1.82, 2.24) is 0 Å². The Kier molecular flexibility index (Phi) is 9.29. The van der Waals surface area contributed by atoms with Crippen LogP contribution in [-0.4, -0.2) is 26.0 Å². The number of halogens is 3. The second-order valence-electron chi connectivity index (χ2n) is 6.39. The molecule has 0 heterocycles. The number of benzene rings is 2. The van der Waals surface area contributed by atoms with Crippen molar-refractivity contribution >= 4 is 62.3 Å². The molecule has 0 aromatic heterocycles. The van der Waals surface area contributed by atoms with E-state index in [1.807, 2.05) is 18.7 Å². The van der Waals surface area contributed by atoms with E-state index in [0.717, 1.165) is 30.8 Å². The first kappa shape index (κ1) is 23.7. The maximum Gasteiger partial charge on any atom is 0.264 e. The number of rotatable bonds is 10. The second-order valence-corrected chi connectivity index (χ2v) is 10.9. The van der Waals surface area contributed by atoms with Crippen LogP contribution in [0.3, 0.4) is 0 Å². The zero-order chi connectivity index (χ0) is 20.7. The largest absolute Gasteiger partial charge is 0.264 e. The van der Waals surface area contributed by atoms with Crippen LogP contribution in [0.5, 0.6) is 0 Å². The van der Waals surface area contributed by atoms with E-state index in [9.17, 15) is 8.42 Å². The van der Waals surface area contributed by atoms with Crippen LogP contribution in [0.1, 0.15) is 33.1 Å². The minimum Gasteiger partial charge on any atom is -0.262 e. The summed E-state index contributed by atoms with van der Waals surface area (Å²) in [5.74, 6) is 2.16. The summed E-state index contributed by atoms with van der Waals surface area (Å²) in [7, 11) is -3.83. The zero-order valence-corrected chi connectivity index (χ0v) is 19.8. The van der Waals surface area contributed by atoms with E-state index in [2.05, 4.69) is 6.92 Å². The third-order valence-corrected chi connectivity index (χ3v) is 8.02. The van der Waals surface area contributed by atoms with Crippen LogP contribution in [0.25, 0.3) is 0 Å². The van der Waals surface area contributed by atoms with Crippen LogP contribution in [-0.2, 0) is 10.0 Å². The summed E-state index contributed by atoms with van der Waals surface area (Å²) in [6.07, 6.45) is 2.69. The minimum absolute atomic E-state index is 0.168. The average Bonchev–Trinajstić information content (AvgIpc) is 2.65. The normalized spacial score (nSPS) is 12.8. The lowest BCUT2D eigenvalue weighted by Gasteiger charge is -2.31. The quantitative estimate of drug-likeness (QED) is 0.339. The molecule has 2 rings (SSSR count). The number of unbranched alkanes of at least 4 members (excludes halogenated alkanes) is 1. The standard InChI is InChI=1S/C20H24Cl3NO2S2/c1-3-27-13-5-4-6-15(2)24(20-14-17(22)9-12-19(20)23)28(25,26)18-10-7-16(21)8-11-18/h7-12,14-15H,3-6,13H2,1-2H3/t15-/m1/s1. The molecular weight excluding hydrogens is 457 g/mol. The van der Waals surface area contributed by atoms with E-state index in [1.165, 1.54) is 16.4 Å². The van der Waals surface area contributed by atoms with Crippen molar-refractivity contribution in [2.45, 2.75) is 44.0 Å². The van der Waals surface area contributed by atoms with Crippen LogP contribution in [0.2, 0.25) is 15.1 Å². The van der Waals surface area contributed by atoms with Crippen molar-refractivity contribution in [2.24, 2.45) is 0 Å². The van der Waals surface area contributed by atoms with Gasteiger partial charge < -0.3 is 0 Å². The summed E-state index contributed by atoms with van der Waals surface area (Å²) in [5.41, 5.74) is 0.388. The van der Waals surface area contributed by atoms with Gasteiger partial charge in [-0.1, -0.05) is 48.1 Å². The molecule has 154 valence electrons. The number of nitrogens with zero attached hydrogens (tertiary/aromatic N) is 1. The fourth-order valence-corrected chi connectivity index (χ4v) is 5.83. The molecule has 0 aliphatic carbocycles. The van der Waals surface area contributed by atoms with Gasteiger partial charge in [0.25, 0.3) is 10.0 Å². The molecule has 0 N–H and O–H groups in total. The van der Waals surface area contributed by atoms with Crippen LogP contribution in [0.4, 0.5) is 5.69 Å². The van der Waals surface area contributed by atoms with Crippen molar-refractivity contribution in [3.63, 3.8) is 0 Å². The highest BCUT2D eigenvalue weighted by atomic mass is 35.5. The molecule has 0 amide bonds. The lowest BCUT2D eigenvalue weighted by Crippen LogP contribution is -2.39. The van der Waals surface area contributed by atoms with Gasteiger partial charge in [0.05, 0.1) is 15.6 Å². The van der Waals surface area contributed by atoms with Gasteiger partial charge in [0.2, 0.25) is 0 Å². The number of hydrogen-bond acceptors (Lipinski definition) is 3. The zero-order valence-electron chi connectivity index (χ0n) is 15.9. The molecule has 0 saturated heterocycles.